The number of hydrogen-bond donors (Lipinski definition) is 1. The van der Waals surface area contributed by atoms with Crippen molar-refractivity contribution < 1.29 is 31.9 Å². The quantitative estimate of drug-likeness (QED) is 0.491. The molecule has 2 N–H and O–H groups in total. The largest absolute Gasteiger partial charge is 0.490 e. The monoisotopic (exact) mass is 362 g/mol. The van der Waals surface area contributed by atoms with Crippen molar-refractivity contribution in [2.45, 2.75) is 18.9 Å². The predicted molar refractivity (Wildman–Crippen MR) is 77.8 cm³/mol. The van der Waals surface area contributed by atoms with Crippen LogP contribution in [0.2, 0.25) is 0 Å². The standard InChI is InChI=1S/C14H14F4N4O3/c1-21(2)10(25-13(24)14(16,17)18)6-22-5-7-3-8(15)4-9(12(19)23)11(7)20-22/h3-5,10H,6H2,1-2H3,(H2,19,23). The minimum atomic E-state index is -5.13. The molecular formula is C14H14F4N4O3. The first kappa shape index (κ1) is 18.6. The first-order valence-electron chi connectivity index (χ1n) is 6.89. The molecule has 0 aliphatic heterocycles. The van der Waals surface area contributed by atoms with Crippen molar-refractivity contribution in [1.29, 1.82) is 0 Å². The SMILES string of the molecule is CN(C)C(Cn1cc2cc(F)cc(C(N)=O)c2n1)OC(=O)C(F)(F)F. The van der Waals surface area contributed by atoms with E-state index >= 15 is 0 Å². The number of esters is 1. The summed E-state index contributed by atoms with van der Waals surface area (Å²) in [5, 5.41) is 4.25. The summed E-state index contributed by atoms with van der Waals surface area (Å²) in [5.41, 5.74) is 5.09. The van der Waals surface area contributed by atoms with E-state index in [0.717, 1.165) is 16.8 Å². The maximum atomic E-state index is 13.5. The molecule has 0 aliphatic rings. The van der Waals surface area contributed by atoms with Gasteiger partial charge in [-0.2, -0.15) is 18.3 Å². The highest BCUT2D eigenvalue weighted by Gasteiger charge is 2.42. The van der Waals surface area contributed by atoms with Crippen LogP contribution in [0.15, 0.2) is 18.3 Å². The normalized spacial score (nSPS) is 13.2. The van der Waals surface area contributed by atoms with Gasteiger partial charge in [-0.15, -0.1) is 0 Å². The Balaban J connectivity index is 2.32. The van der Waals surface area contributed by atoms with Gasteiger partial charge in [-0.1, -0.05) is 0 Å². The van der Waals surface area contributed by atoms with Gasteiger partial charge in [0.1, 0.15) is 11.3 Å². The molecule has 0 radical (unpaired) electrons. The minimum Gasteiger partial charge on any atom is -0.438 e. The van der Waals surface area contributed by atoms with Crippen LogP contribution in [0.3, 0.4) is 0 Å². The van der Waals surface area contributed by atoms with Crippen molar-refractivity contribution >= 4 is 22.8 Å². The summed E-state index contributed by atoms with van der Waals surface area (Å²) in [6.07, 6.45) is -5.11. The van der Waals surface area contributed by atoms with E-state index in [-0.39, 0.29) is 23.0 Å². The van der Waals surface area contributed by atoms with Crippen molar-refractivity contribution in [2.24, 2.45) is 5.73 Å². The Morgan fingerprint density at radius 3 is 2.52 bits per heavy atom. The second-order valence-corrected chi connectivity index (χ2v) is 5.43. The zero-order valence-electron chi connectivity index (χ0n) is 13.2. The summed E-state index contributed by atoms with van der Waals surface area (Å²) < 4.78 is 56.1. The van der Waals surface area contributed by atoms with E-state index < -0.39 is 30.1 Å². The number of alkyl halides is 3. The zero-order valence-corrected chi connectivity index (χ0v) is 13.2. The number of primary amides is 1. The molecule has 2 rings (SSSR count). The highest BCUT2D eigenvalue weighted by atomic mass is 19.4. The Kier molecular flexibility index (Phi) is 4.97. The number of rotatable bonds is 5. The molecule has 2 aromatic rings. The molecule has 0 saturated heterocycles. The van der Waals surface area contributed by atoms with Crippen molar-refractivity contribution in [1.82, 2.24) is 14.7 Å². The average molecular weight is 362 g/mol. The van der Waals surface area contributed by atoms with E-state index in [0.29, 0.717) is 0 Å². The van der Waals surface area contributed by atoms with Gasteiger partial charge in [-0.05, 0) is 26.2 Å². The van der Waals surface area contributed by atoms with Crippen molar-refractivity contribution in [3.63, 3.8) is 0 Å². The highest BCUT2D eigenvalue weighted by Crippen LogP contribution is 2.21. The van der Waals surface area contributed by atoms with Gasteiger partial charge in [0.15, 0.2) is 6.23 Å². The molecule has 11 heteroatoms. The smallest absolute Gasteiger partial charge is 0.438 e. The topological polar surface area (TPSA) is 90.5 Å². The molecule has 1 aromatic carbocycles. The van der Waals surface area contributed by atoms with Gasteiger partial charge in [0.25, 0.3) is 5.91 Å². The molecule has 1 atom stereocenters. The second kappa shape index (κ2) is 6.67. The summed E-state index contributed by atoms with van der Waals surface area (Å²) in [6.45, 7) is -0.274. The van der Waals surface area contributed by atoms with E-state index in [4.69, 9.17) is 5.73 Å². The Hall–Kier alpha value is -2.69. The molecule has 1 unspecified atom stereocenters. The number of fused-ring (bicyclic) bond motifs is 1. The Morgan fingerprint density at radius 1 is 1.36 bits per heavy atom. The molecule has 1 heterocycles. The Morgan fingerprint density at radius 2 is 2.00 bits per heavy atom. The fourth-order valence-electron chi connectivity index (χ4n) is 2.09. The zero-order chi connectivity index (χ0) is 18.9. The summed E-state index contributed by atoms with van der Waals surface area (Å²) in [4.78, 5) is 23.6. The van der Waals surface area contributed by atoms with Crippen LogP contribution in [-0.4, -0.2) is 53.1 Å². The van der Waals surface area contributed by atoms with E-state index in [1.165, 1.54) is 25.2 Å². The molecule has 1 amide bonds. The fraction of sp³-hybridized carbons (Fsp3) is 0.357. The van der Waals surface area contributed by atoms with Crippen LogP contribution in [0.4, 0.5) is 17.6 Å². The van der Waals surface area contributed by atoms with Crippen molar-refractivity contribution in [3.8, 4) is 0 Å². The lowest BCUT2D eigenvalue weighted by Crippen LogP contribution is -2.40. The number of ether oxygens (including phenoxy) is 1. The molecule has 0 saturated carbocycles. The van der Waals surface area contributed by atoms with Crippen molar-refractivity contribution in [2.75, 3.05) is 14.1 Å². The average Bonchev–Trinajstić information content (AvgIpc) is 2.86. The van der Waals surface area contributed by atoms with E-state index in [9.17, 15) is 27.2 Å². The molecule has 0 spiro atoms. The lowest BCUT2D eigenvalue weighted by atomic mass is 10.1. The predicted octanol–water partition coefficient (Wildman–Crippen LogP) is 1.27. The highest BCUT2D eigenvalue weighted by molar-refractivity contribution is 6.04. The molecule has 25 heavy (non-hydrogen) atoms. The third-order valence-electron chi connectivity index (χ3n) is 3.28. The van der Waals surface area contributed by atoms with Crippen molar-refractivity contribution in [3.05, 3.63) is 29.7 Å². The second-order valence-electron chi connectivity index (χ2n) is 5.43. The number of carbonyl (C=O) groups is 2. The minimum absolute atomic E-state index is 0.0913. The maximum Gasteiger partial charge on any atom is 0.490 e. The third kappa shape index (κ3) is 4.24. The first-order valence-corrected chi connectivity index (χ1v) is 6.89. The van der Waals surface area contributed by atoms with Gasteiger partial charge in [-0.25, -0.2) is 9.18 Å². The van der Waals surface area contributed by atoms with Gasteiger partial charge in [0.05, 0.1) is 12.1 Å². The molecule has 0 bridgehead atoms. The number of aromatic nitrogens is 2. The molecule has 136 valence electrons. The number of halogens is 4. The van der Waals surface area contributed by atoms with E-state index in [1.807, 2.05) is 0 Å². The summed E-state index contributed by atoms with van der Waals surface area (Å²) in [5.74, 6) is -3.96. The number of benzene rings is 1. The van der Waals surface area contributed by atoms with Gasteiger partial charge in [-0.3, -0.25) is 14.4 Å². The van der Waals surface area contributed by atoms with Gasteiger partial charge in [0, 0.05) is 11.6 Å². The van der Waals surface area contributed by atoms with Gasteiger partial charge >= 0.3 is 12.1 Å². The summed E-state index contributed by atoms with van der Waals surface area (Å²) in [7, 11) is 2.82. The third-order valence-corrected chi connectivity index (χ3v) is 3.28. The van der Waals surface area contributed by atoms with Crippen LogP contribution >= 0.6 is 0 Å². The summed E-state index contributed by atoms with van der Waals surface area (Å²) >= 11 is 0. The van der Waals surface area contributed by atoms with Crippen LogP contribution in [0.25, 0.3) is 10.9 Å². The number of amides is 1. The molecular weight excluding hydrogens is 348 g/mol. The summed E-state index contributed by atoms with van der Waals surface area (Å²) in [6, 6.07) is 2.01. The van der Waals surface area contributed by atoms with E-state index in [2.05, 4.69) is 9.84 Å². The van der Waals surface area contributed by atoms with Crippen LogP contribution in [-0.2, 0) is 16.1 Å². The molecule has 1 aromatic heterocycles. The first-order chi connectivity index (χ1) is 11.5. The number of nitrogens with two attached hydrogens (primary N) is 1. The van der Waals surface area contributed by atoms with Crippen LogP contribution in [0, 0.1) is 5.82 Å². The van der Waals surface area contributed by atoms with Gasteiger partial charge in [0.2, 0.25) is 0 Å². The Labute approximate surface area is 138 Å². The molecule has 0 aliphatic carbocycles. The van der Waals surface area contributed by atoms with E-state index in [1.54, 1.807) is 0 Å². The van der Waals surface area contributed by atoms with Crippen LogP contribution in [0.1, 0.15) is 10.4 Å². The maximum absolute atomic E-state index is 13.5. The number of hydrogen-bond acceptors (Lipinski definition) is 5. The fourth-order valence-corrected chi connectivity index (χ4v) is 2.09. The lowest BCUT2D eigenvalue weighted by Gasteiger charge is -2.24. The molecule has 7 nitrogen and oxygen atoms in total. The Bertz CT molecular complexity index is 816. The number of likely N-dealkylation sites (N-methyl/N-ethyl adjacent to an activating group) is 1. The van der Waals surface area contributed by atoms with Crippen LogP contribution in [0.5, 0.6) is 0 Å². The van der Waals surface area contributed by atoms with Crippen LogP contribution < -0.4 is 5.73 Å². The number of carbonyl (C=O) groups excluding carboxylic acids is 2. The number of nitrogens with zero attached hydrogens (tertiary/aromatic N) is 3. The molecule has 0 fully saturated rings. The van der Waals surface area contributed by atoms with Gasteiger partial charge < -0.3 is 10.5 Å². The lowest BCUT2D eigenvalue weighted by molar-refractivity contribution is -0.212.